The van der Waals surface area contributed by atoms with Crippen molar-refractivity contribution < 1.29 is 4.79 Å². The Kier molecular flexibility index (Phi) is 3.99. The molecule has 2 aromatic heterocycles. The standard InChI is InChI=1S/C15H19N5O3/c1-7-6-10(13(21)17-9-4-2-8(16)3-5-9)18-12-11(7)14(22)20-15(23)19-12/h6,8-9H,2-5,16H2,1H3,(H,17,21)(H2,18,19,20,22,23). The van der Waals surface area contributed by atoms with E-state index in [1.54, 1.807) is 13.0 Å². The van der Waals surface area contributed by atoms with Crippen LogP contribution in [0.15, 0.2) is 15.7 Å². The maximum atomic E-state index is 12.4. The van der Waals surface area contributed by atoms with E-state index in [4.69, 9.17) is 5.73 Å². The molecule has 8 heteroatoms. The van der Waals surface area contributed by atoms with Gasteiger partial charge in [0.15, 0.2) is 0 Å². The highest BCUT2D eigenvalue weighted by atomic mass is 16.2. The zero-order chi connectivity index (χ0) is 16.6. The predicted octanol–water partition coefficient (Wildman–Crippen LogP) is -0.0805. The number of H-pyrrole nitrogens is 2. The molecule has 1 saturated carbocycles. The Labute approximate surface area is 131 Å². The van der Waals surface area contributed by atoms with E-state index >= 15 is 0 Å². The molecule has 8 nitrogen and oxygen atoms in total. The van der Waals surface area contributed by atoms with Gasteiger partial charge in [-0.05, 0) is 44.2 Å². The molecule has 122 valence electrons. The fourth-order valence-corrected chi connectivity index (χ4v) is 2.99. The first-order chi connectivity index (χ1) is 10.9. The molecular formula is C15H19N5O3. The average Bonchev–Trinajstić information content (AvgIpc) is 2.48. The van der Waals surface area contributed by atoms with Gasteiger partial charge < -0.3 is 11.1 Å². The van der Waals surface area contributed by atoms with E-state index in [1.165, 1.54) is 0 Å². The SMILES string of the molecule is Cc1cc(C(=O)NC2CCC(N)CC2)nc2[nH]c(=O)[nH]c(=O)c12. The van der Waals surface area contributed by atoms with Gasteiger partial charge in [0, 0.05) is 12.1 Å². The van der Waals surface area contributed by atoms with Gasteiger partial charge in [0.1, 0.15) is 11.3 Å². The molecule has 3 rings (SSSR count). The van der Waals surface area contributed by atoms with E-state index in [1.807, 2.05) is 0 Å². The normalized spacial score (nSPS) is 21.3. The van der Waals surface area contributed by atoms with Crippen LogP contribution in [0.3, 0.4) is 0 Å². The van der Waals surface area contributed by atoms with Crippen molar-refractivity contribution in [3.63, 3.8) is 0 Å². The van der Waals surface area contributed by atoms with Gasteiger partial charge in [-0.15, -0.1) is 0 Å². The second-order valence-corrected chi connectivity index (χ2v) is 6.04. The maximum absolute atomic E-state index is 12.4. The van der Waals surface area contributed by atoms with E-state index in [-0.39, 0.29) is 34.7 Å². The lowest BCUT2D eigenvalue weighted by atomic mass is 9.92. The van der Waals surface area contributed by atoms with Crippen LogP contribution in [0.5, 0.6) is 0 Å². The molecule has 1 aliphatic carbocycles. The van der Waals surface area contributed by atoms with Crippen LogP contribution >= 0.6 is 0 Å². The molecule has 1 aliphatic rings. The smallest absolute Gasteiger partial charge is 0.327 e. The Hall–Kier alpha value is -2.48. The molecule has 1 fully saturated rings. The van der Waals surface area contributed by atoms with Gasteiger partial charge in [-0.2, -0.15) is 0 Å². The number of fused-ring (bicyclic) bond motifs is 1. The molecule has 2 heterocycles. The van der Waals surface area contributed by atoms with Crippen molar-refractivity contribution in [1.82, 2.24) is 20.3 Å². The van der Waals surface area contributed by atoms with Crippen LogP contribution in [-0.2, 0) is 0 Å². The molecule has 0 saturated heterocycles. The number of rotatable bonds is 2. The van der Waals surface area contributed by atoms with Gasteiger partial charge in [0.2, 0.25) is 0 Å². The number of amides is 1. The van der Waals surface area contributed by atoms with Crippen LogP contribution in [0, 0.1) is 6.92 Å². The highest BCUT2D eigenvalue weighted by Crippen LogP contribution is 2.18. The van der Waals surface area contributed by atoms with Crippen LogP contribution < -0.4 is 22.3 Å². The summed E-state index contributed by atoms with van der Waals surface area (Å²) in [5.74, 6) is -0.309. The molecule has 0 unspecified atom stereocenters. The summed E-state index contributed by atoms with van der Waals surface area (Å²) in [7, 11) is 0. The summed E-state index contributed by atoms with van der Waals surface area (Å²) < 4.78 is 0. The number of aryl methyl sites for hydroxylation is 1. The van der Waals surface area contributed by atoms with Crippen molar-refractivity contribution >= 4 is 16.9 Å². The zero-order valence-electron chi connectivity index (χ0n) is 12.8. The van der Waals surface area contributed by atoms with Crippen molar-refractivity contribution in [2.75, 3.05) is 0 Å². The number of pyridine rings is 1. The summed E-state index contributed by atoms with van der Waals surface area (Å²) in [5, 5.41) is 3.22. The number of hydrogen-bond donors (Lipinski definition) is 4. The van der Waals surface area contributed by atoms with Crippen molar-refractivity contribution in [2.24, 2.45) is 5.73 Å². The largest absolute Gasteiger partial charge is 0.348 e. The van der Waals surface area contributed by atoms with E-state index in [0.29, 0.717) is 5.56 Å². The van der Waals surface area contributed by atoms with Gasteiger partial charge in [0.05, 0.1) is 5.39 Å². The third kappa shape index (κ3) is 3.16. The molecule has 0 bridgehead atoms. The summed E-state index contributed by atoms with van der Waals surface area (Å²) in [5.41, 5.74) is 5.59. The van der Waals surface area contributed by atoms with Gasteiger partial charge in [-0.1, -0.05) is 0 Å². The first kappa shape index (κ1) is 15.4. The quantitative estimate of drug-likeness (QED) is 0.614. The topological polar surface area (TPSA) is 134 Å². The number of carbonyl (C=O) groups is 1. The fourth-order valence-electron chi connectivity index (χ4n) is 2.99. The van der Waals surface area contributed by atoms with Crippen molar-refractivity contribution in [2.45, 2.75) is 44.7 Å². The summed E-state index contributed by atoms with van der Waals surface area (Å²) >= 11 is 0. The van der Waals surface area contributed by atoms with Crippen LogP contribution in [-0.4, -0.2) is 32.9 Å². The minimum absolute atomic E-state index is 0.0818. The average molecular weight is 317 g/mol. The number of carbonyl (C=O) groups excluding carboxylic acids is 1. The van der Waals surface area contributed by atoms with Crippen molar-refractivity contribution in [3.05, 3.63) is 38.2 Å². The molecular weight excluding hydrogens is 298 g/mol. The molecule has 1 amide bonds. The number of nitrogens with one attached hydrogen (secondary N) is 3. The Balaban J connectivity index is 1.89. The third-order valence-electron chi connectivity index (χ3n) is 4.24. The highest BCUT2D eigenvalue weighted by molar-refractivity contribution is 5.95. The second kappa shape index (κ2) is 5.96. The molecule has 0 aromatic carbocycles. The number of nitrogens with zero attached hydrogens (tertiary/aromatic N) is 1. The lowest BCUT2D eigenvalue weighted by Crippen LogP contribution is -2.40. The Morgan fingerprint density at radius 2 is 1.96 bits per heavy atom. The first-order valence-electron chi connectivity index (χ1n) is 7.64. The molecule has 0 aliphatic heterocycles. The van der Waals surface area contributed by atoms with Gasteiger partial charge in [0.25, 0.3) is 11.5 Å². The zero-order valence-corrected chi connectivity index (χ0v) is 12.8. The minimum atomic E-state index is -0.645. The number of nitrogens with two attached hydrogens (primary N) is 1. The summed E-state index contributed by atoms with van der Waals surface area (Å²) in [6.45, 7) is 1.70. The molecule has 0 spiro atoms. The van der Waals surface area contributed by atoms with Crippen LogP contribution in [0.4, 0.5) is 0 Å². The maximum Gasteiger partial charge on any atom is 0.327 e. The van der Waals surface area contributed by atoms with Crippen LogP contribution in [0.2, 0.25) is 0 Å². The highest BCUT2D eigenvalue weighted by Gasteiger charge is 2.21. The van der Waals surface area contributed by atoms with Gasteiger partial charge in [-0.3, -0.25) is 19.6 Å². The Morgan fingerprint density at radius 3 is 2.65 bits per heavy atom. The third-order valence-corrected chi connectivity index (χ3v) is 4.24. The minimum Gasteiger partial charge on any atom is -0.348 e. The van der Waals surface area contributed by atoms with Gasteiger partial charge in [-0.25, -0.2) is 9.78 Å². The monoisotopic (exact) mass is 317 g/mol. The molecule has 0 atom stereocenters. The predicted molar refractivity (Wildman–Crippen MR) is 85.4 cm³/mol. The Morgan fingerprint density at radius 1 is 1.26 bits per heavy atom. The summed E-state index contributed by atoms with van der Waals surface area (Å²) in [6.07, 6.45) is 3.46. The van der Waals surface area contributed by atoms with Gasteiger partial charge >= 0.3 is 5.69 Å². The van der Waals surface area contributed by atoms with Crippen molar-refractivity contribution in [1.29, 1.82) is 0 Å². The van der Waals surface area contributed by atoms with Crippen molar-refractivity contribution in [3.8, 4) is 0 Å². The van der Waals surface area contributed by atoms with Crippen LogP contribution in [0.25, 0.3) is 11.0 Å². The fraction of sp³-hybridized carbons (Fsp3) is 0.467. The first-order valence-corrected chi connectivity index (χ1v) is 7.64. The van der Waals surface area contributed by atoms with Crippen LogP contribution in [0.1, 0.15) is 41.7 Å². The van der Waals surface area contributed by atoms with E-state index in [2.05, 4.69) is 20.3 Å². The number of hydrogen-bond acceptors (Lipinski definition) is 5. The summed E-state index contributed by atoms with van der Waals surface area (Å²) in [4.78, 5) is 44.3. The van der Waals surface area contributed by atoms with E-state index in [9.17, 15) is 14.4 Å². The number of aromatic amines is 2. The lowest BCUT2D eigenvalue weighted by Gasteiger charge is -2.26. The van der Waals surface area contributed by atoms with E-state index in [0.717, 1.165) is 25.7 Å². The Bertz CT molecular complexity index is 862. The molecule has 0 radical (unpaired) electrons. The van der Waals surface area contributed by atoms with E-state index < -0.39 is 11.2 Å². The molecule has 2 aromatic rings. The summed E-state index contributed by atoms with van der Waals surface area (Å²) in [6, 6.07) is 1.85. The molecule has 23 heavy (non-hydrogen) atoms. The lowest BCUT2D eigenvalue weighted by molar-refractivity contribution is 0.0921. The number of aromatic nitrogens is 3. The second-order valence-electron chi connectivity index (χ2n) is 6.04. The molecule has 5 N–H and O–H groups in total.